The van der Waals surface area contributed by atoms with E-state index >= 15 is 0 Å². The van der Waals surface area contributed by atoms with Gasteiger partial charge in [0.25, 0.3) is 5.91 Å². The highest BCUT2D eigenvalue weighted by molar-refractivity contribution is 7.89. The van der Waals surface area contributed by atoms with E-state index < -0.39 is 15.9 Å². The van der Waals surface area contributed by atoms with Crippen molar-refractivity contribution in [1.29, 1.82) is 0 Å². The molecule has 0 atom stereocenters. The van der Waals surface area contributed by atoms with Gasteiger partial charge in [-0.15, -0.1) is 0 Å². The number of likely N-dealkylation sites (N-methyl/N-ethyl adjacent to an activating group) is 1. The molecule has 0 unspecified atom stereocenters. The maximum atomic E-state index is 12.4. The van der Waals surface area contributed by atoms with Crippen molar-refractivity contribution in [3.63, 3.8) is 0 Å². The number of nitrogens with zero attached hydrogens (tertiary/aromatic N) is 2. The second-order valence-electron chi connectivity index (χ2n) is 5.03. The van der Waals surface area contributed by atoms with Crippen LogP contribution in [0, 0.1) is 0 Å². The summed E-state index contributed by atoms with van der Waals surface area (Å²) in [5.74, 6) is -0.580. The molecule has 0 aliphatic carbocycles. The average molecular weight is 400 g/mol. The lowest BCUT2D eigenvalue weighted by Gasteiger charge is -2.16. The van der Waals surface area contributed by atoms with Crippen molar-refractivity contribution in [3.05, 3.63) is 64.1 Å². The van der Waals surface area contributed by atoms with Gasteiger partial charge in [-0.3, -0.25) is 4.79 Å². The Morgan fingerprint density at radius 2 is 1.80 bits per heavy atom. The summed E-state index contributed by atoms with van der Waals surface area (Å²) in [7, 11) is -2.49. The first-order valence-electron chi connectivity index (χ1n) is 7.09. The van der Waals surface area contributed by atoms with Gasteiger partial charge < -0.3 is 0 Å². The number of benzene rings is 2. The number of carbonyl (C=O) groups excluding carboxylic acids is 1. The molecule has 0 aliphatic rings. The van der Waals surface area contributed by atoms with E-state index in [1.165, 1.54) is 37.5 Å². The molecule has 2 aromatic carbocycles. The molecule has 0 spiro atoms. The van der Waals surface area contributed by atoms with Crippen LogP contribution in [0.4, 0.5) is 0 Å². The number of amides is 1. The van der Waals surface area contributed by atoms with Crippen LogP contribution in [-0.2, 0) is 14.8 Å². The normalized spacial score (nSPS) is 11.8. The van der Waals surface area contributed by atoms with Crippen LogP contribution in [0.2, 0.25) is 10.0 Å². The van der Waals surface area contributed by atoms with Gasteiger partial charge >= 0.3 is 0 Å². The van der Waals surface area contributed by atoms with Gasteiger partial charge in [0.2, 0.25) is 10.0 Å². The molecule has 0 saturated carbocycles. The predicted octanol–water partition coefficient (Wildman–Crippen LogP) is 2.76. The van der Waals surface area contributed by atoms with Gasteiger partial charge in [0.15, 0.2) is 0 Å². The van der Waals surface area contributed by atoms with Crippen LogP contribution < -0.4 is 5.43 Å². The Balaban J connectivity index is 1.97. The van der Waals surface area contributed by atoms with Gasteiger partial charge in [0.1, 0.15) is 0 Å². The number of hydrogen-bond acceptors (Lipinski definition) is 4. The van der Waals surface area contributed by atoms with Crippen molar-refractivity contribution in [2.24, 2.45) is 5.10 Å². The first-order valence-corrected chi connectivity index (χ1v) is 9.28. The Labute approximate surface area is 156 Å². The van der Waals surface area contributed by atoms with Crippen LogP contribution in [0.3, 0.4) is 0 Å². The van der Waals surface area contributed by atoms with Gasteiger partial charge in [-0.2, -0.15) is 9.41 Å². The molecule has 0 saturated heterocycles. The molecule has 2 aromatic rings. The fourth-order valence-corrected chi connectivity index (χ4v) is 3.30. The topological polar surface area (TPSA) is 78.8 Å². The molecule has 9 heteroatoms. The van der Waals surface area contributed by atoms with Crippen molar-refractivity contribution < 1.29 is 13.2 Å². The average Bonchev–Trinajstić information content (AvgIpc) is 2.57. The number of hydrazone groups is 1. The molecular weight excluding hydrogens is 385 g/mol. The number of carbonyl (C=O) groups is 1. The molecule has 132 valence electrons. The third-order valence-electron chi connectivity index (χ3n) is 3.19. The molecule has 1 N–H and O–H groups in total. The Morgan fingerprint density at radius 1 is 1.16 bits per heavy atom. The lowest BCUT2D eigenvalue weighted by molar-refractivity contribution is -0.121. The quantitative estimate of drug-likeness (QED) is 0.598. The summed E-state index contributed by atoms with van der Waals surface area (Å²) in [4.78, 5) is 11.9. The molecule has 25 heavy (non-hydrogen) atoms. The zero-order valence-electron chi connectivity index (χ0n) is 13.2. The molecule has 6 nitrogen and oxygen atoms in total. The zero-order chi connectivity index (χ0) is 18.4. The van der Waals surface area contributed by atoms with E-state index in [0.717, 1.165) is 4.31 Å². The number of nitrogens with one attached hydrogen (secondary N) is 1. The van der Waals surface area contributed by atoms with E-state index in [9.17, 15) is 13.2 Å². The minimum absolute atomic E-state index is 0.0479. The molecule has 2 rings (SSSR count). The molecule has 0 aliphatic heterocycles. The Bertz CT molecular complexity index is 884. The highest BCUT2D eigenvalue weighted by Gasteiger charge is 2.22. The Kier molecular flexibility index (Phi) is 6.55. The minimum atomic E-state index is -3.79. The van der Waals surface area contributed by atoms with Gasteiger partial charge in [0.05, 0.1) is 17.7 Å². The van der Waals surface area contributed by atoms with E-state index in [0.29, 0.717) is 15.6 Å². The Hall–Kier alpha value is -1.93. The summed E-state index contributed by atoms with van der Waals surface area (Å²) in [6.45, 7) is -0.384. The van der Waals surface area contributed by atoms with Gasteiger partial charge in [0, 0.05) is 22.7 Å². The van der Waals surface area contributed by atoms with E-state index in [1.54, 1.807) is 24.3 Å². The van der Waals surface area contributed by atoms with Gasteiger partial charge in [-0.25, -0.2) is 13.8 Å². The number of hydrogen-bond donors (Lipinski definition) is 1. The largest absolute Gasteiger partial charge is 0.272 e. The van der Waals surface area contributed by atoms with Crippen molar-refractivity contribution in [1.82, 2.24) is 9.73 Å². The first-order chi connectivity index (χ1) is 11.8. The summed E-state index contributed by atoms with van der Waals surface area (Å²) >= 11 is 11.7. The highest BCUT2D eigenvalue weighted by atomic mass is 35.5. The fraction of sp³-hybridized carbons (Fsp3) is 0.125. The third kappa shape index (κ3) is 5.27. The second kappa shape index (κ2) is 8.44. The minimum Gasteiger partial charge on any atom is -0.272 e. The molecule has 0 bridgehead atoms. The summed E-state index contributed by atoms with van der Waals surface area (Å²) in [5.41, 5.74) is 2.90. The van der Waals surface area contributed by atoms with Crippen LogP contribution in [0.25, 0.3) is 0 Å². The van der Waals surface area contributed by atoms with Crippen LogP contribution in [0.15, 0.2) is 58.5 Å². The maximum absolute atomic E-state index is 12.4. The van der Waals surface area contributed by atoms with Crippen molar-refractivity contribution in [2.75, 3.05) is 13.6 Å². The molecule has 0 aromatic heterocycles. The molecular formula is C16H15Cl2N3O3S. The summed E-state index contributed by atoms with van der Waals surface area (Å²) < 4.78 is 25.7. The predicted molar refractivity (Wildman–Crippen MR) is 98.5 cm³/mol. The zero-order valence-corrected chi connectivity index (χ0v) is 15.5. The van der Waals surface area contributed by atoms with Crippen molar-refractivity contribution in [3.8, 4) is 0 Å². The summed E-state index contributed by atoms with van der Waals surface area (Å²) in [5, 5.41) is 4.69. The van der Waals surface area contributed by atoms with E-state index in [2.05, 4.69) is 10.5 Å². The lowest BCUT2D eigenvalue weighted by Crippen LogP contribution is -2.36. The standard InChI is InChI=1S/C16H15Cl2N3O3S/c1-21(25(23,24)14-8-6-13(17)7-9-14)11-16(22)20-19-10-12-4-2-3-5-15(12)18/h2-10H,11H2,1H3,(H,20,22)/b19-10-. The van der Waals surface area contributed by atoms with E-state index in [4.69, 9.17) is 23.2 Å². The molecule has 0 heterocycles. The fourth-order valence-electron chi connectivity index (χ4n) is 1.86. The number of rotatable bonds is 6. The smallest absolute Gasteiger partial charge is 0.255 e. The van der Waals surface area contributed by atoms with Crippen molar-refractivity contribution in [2.45, 2.75) is 4.90 Å². The molecule has 0 radical (unpaired) electrons. The third-order valence-corrected chi connectivity index (χ3v) is 5.60. The summed E-state index contributed by atoms with van der Waals surface area (Å²) in [6, 6.07) is 12.7. The maximum Gasteiger partial charge on any atom is 0.255 e. The van der Waals surface area contributed by atoms with Crippen LogP contribution in [0.1, 0.15) is 5.56 Å². The van der Waals surface area contributed by atoms with Gasteiger partial charge in [-0.05, 0) is 30.3 Å². The van der Waals surface area contributed by atoms with E-state index in [1.807, 2.05) is 0 Å². The number of halogens is 2. The van der Waals surface area contributed by atoms with Crippen LogP contribution >= 0.6 is 23.2 Å². The van der Waals surface area contributed by atoms with Crippen LogP contribution in [-0.4, -0.2) is 38.4 Å². The lowest BCUT2D eigenvalue weighted by atomic mass is 10.2. The number of sulfonamides is 1. The van der Waals surface area contributed by atoms with Gasteiger partial charge in [-0.1, -0.05) is 41.4 Å². The monoisotopic (exact) mass is 399 g/mol. The first kappa shape index (κ1) is 19.4. The van der Waals surface area contributed by atoms with Crippen molar-refractivity contribution >= 4 is 45.3 Å². The summed E-state index contributed by atoms with van der Waals surface area (Å²) in [6.07, 6.45) is 1.38. The second-order valence-corrected chi connectivity index (χ2v) is 7.92. The van der Waals surface area contributed by atoms with Crippen LogP contribution in [0.5, 0.6) is 0 Å². The Morgan fingerprint density at radius 3 is 2.44 bits per heavy atom. The SMILES string of the molecule is CN(CC(=O)N/N=C\c1ccccc1Cl)S(=O)(=O)c1ccc(Cl)cc1. The highest BCUT2D eigenvalue weighted by Crippen LogP contribution is 2.17. The molecule has 1 amide bonds. The van der Waals surface area contributed by atoms with E-state index in [-0.39, 0.29) is 11.4 Å². The molecule has 0 fully saturated rings.